The highest BCUT2D eigenvalue weighted by molar-refractivity contribution is 6.30. The number of ether oxygens (including phenoxy) is 1. The Hall–Kier alpha value is -0.570. The number of hydrogen-bond acceptors (Lipinski definition) is 2. The molecule has 2 aliphatic rings. The summed E-state index contributed by atoms with van der Waals surface area (Å²) in [6.07, 6.45) is 3.55. The average Bonchev–Trinajstić information content (AvgIpc) is 2.87. The van der Waals surface area contributed by atoms with Gasteiger partial charge in [-0.2, -0.15) is 0 Å². The van der Waals surface area contributed by atoms with Gasteiger partial charge in [0.25, 0.3) is 0 Å². The van der Waals surface area contributed by atoms with Gasteiger partial charge in [-0.05, 0) is 37.0 Å². The first kappa shape index (κ1) is 10.6. The van der Waals surface area contributed by atoms with Crippen molar-refractivity contribution < 1.29 is 4.74 Å². The van der Waals surface area contributed by atoms with Gasteiger partial charge in [0.1, 0.15) is 0 Å². The van der Waals surface area contributed by atoms with Crippen LogP contribution in [0.25, 0.3) is 0 Å². The van der Waals surface area contributed by atoms with Crippen LogP contribution in [0, 0.1) is 0 Å². The molecule has 1 aromatic rings. The molecule has 1 N–H and O–H groups in total. The second kappa shape index (κ2) is 4.02. The molecule has 1 aromatic carbocycles. The molecule has 0 spiro atoms. The number of halogens is 1. The molecule has 0 bridgehead atoms. The van der Waals surface area contributed by atoms with E-state index in [2.05, 4.69) is 17.4 Å². The van der Waals surface area contributed by atoms with Gasteiger partial charge in [-0.15, -0.1) is 0 Å². The van der Waals surface area contributed by atoms with E-state index in [1.807, 2.05) is 12.1 Å². The lowest BCUT2D eigenvalue weighted by atomic mass is 10.0. The van der Waals surface area contributed by atoms with E-state index in [1.54, 1.807) is 0 Å². The summed E-state index contributed by atoms with van der Waals surface area (Å²) in [5, 5.41) is 4.55. The second-order valence-corrected chi connectivity index (χ2v) is 5.23. The minimum Gasteiger partial charge on any atom is -0.380 e. The van der Waals surface area contributed by atoms with Crippen LogP contribution in [0.1, 0.15) is 24.8 Å². The van der Waals surface area contributed by atoms with Crippen LogP contribution in [0.2, 0.25) is 5.02 Å². The molecular weight excluding hydrogens is 222 g/mol. The minimum absolute atomic E-state index is 0.184. The Morgan fingerprint density at radius 3 is 2.88 bits per heavy atom. The zero-order valence-electron chi connectivity index (χ0n) is 9.21. The molecule has 1 aliphatic carbocycles. The summed E-state index contributed by atoms with van der Waals surface area (Å²) in [5.41, 5.74) is 1.51. The standard InChI is InChI=1S/C13H16ClNO/c14-11-3-1-2-10(8-11)13(5-6-13)15-12-4-7-16-9-12/h1-3,8,12,15H,4-7,9H2. The van der Waals surface area contributed by atoms with E-state index in [9.17, 15) is 0 Å². The van der Waals surface area contributed by atoms with Crippen molar-refractivity contribution in [3.05, 3.63) is 34.9 Å². The maximum atomic E-state index is 6.04. The lowest BCUT2D eigenvalue weighted by molar-refractivity contribution is 0.187. The van der Waals surface area contributed by atoms with Crippen molar-refractivity contribution in [2.75, 3.05) is 13.2 Å². The fourth-order valence-corrected chi connectivity index (χ4v) is 2.66. The van der Waals surface area contributed by atoms with E-state index < -0.39 is 0 Å². The van der Waals surface area contributed by atoms with E-state index in [4.69, 9.17) is 16.3 Å². The van der Waals surface area contributed by atoms with Crippen LogP contribution in [-0.4, -0.2) is 19.3 Å². The molecule has 3 heteroatoms. The van der Waals surface area contributed by atoms with Crippen LogP contribution < -0.4 is 5.32 Å². The molecular formula is C13H16ClNO. The van der Waals surface area contributed by atoms with Crippen molar-refractivity contribution in [3.63, 3.8) is 0 Å². The molecule has 2 nitrogen and oxygen atoms in total. The smallest absolute Gasteiger partial charge is 0.0620 e. The molecule has 0 aromatic heterocycles. The summed E-state index contributed by atoms with van der Waals surface area (Å²) in [6, 6.07) is 8.73. The predicted molar refractivity (Wildman–Crippen MR) is 64.7 cm³/mol. The monoisotopic (exact) mass is 237 g/mol. The van der Waals surface area contributed by atoms with Crippen LogP contribution in [0.5, 0.6) is 0 Å². The van der Waals surface area contributed by atoms with Crippen LogP contribution in [-0.2, 0) is 10.3 Å². The first-order valence-electron chi connectivity index (χ1n) is 5.90. The highest BCUT2D eigenvalue weighted by atomic mass is 35.5. The Bertz CT molecular complexity index is 383. The summed E-state index contributed by atoms with van der Waals surface area (Å²) in [5.74, 6) is 0. The number of hydrogen-bond donors (Lipinski definition) is 1. The number of nitrogens with one attached hydrogen (secondary N) is 1. The predicted octanol–water partition coefficient (Wildman–Crippen LogP) is 2.71. The van der Waals surface area contributed by atoms with Crippen molar-refractivity contribution in [1.82, 2.24) is 5.32 Å². The quantitative estimate of drug-likeness (QED) is 0.873. The molecule has 0 radical (unpaired) electrons. The van der Waals surface area contributed by atoms with Crippen LogP contribution in [0.3, 0.4) is 0 Å². The van der Waals surface area contributed by atoms with E-state index in [0.29, 0.717) is 6.04 Å². The van der Waals surface area contributed by atoms with Crippen molar-refractivity contribution in [2.24, 2.45) is 0 Å². The average molecular weight is 238 g/mol. The summed E-state index contributed by atoms with van der Waals surface area (Å²) in [7, 11) is 0. The Kier molecular flexibility index (Phi) is 2.66. The third-order valence-corrected chi connectivity index (χ3v) is 3.77. The fourth-order valence-electron chi connectivity index (χ4n) is 2.47. The Morgan fingerprint density at radius 2 is 2.25 bits per heavy atom. The van der Waals surface area contributed by atoms with Crippen LogP contribution >= 0.6 is 11.6 Å². The van der Waals surface area contributed by atoms with Gasteiger partial charge in [0, 0.05) is 23.2 Å². The van der Waals surface area contributed by atoms with Gasteiger partial charge < -0.3 is 10.1 Å². The third-order valence-electron chi connectivity index (χ3n) is 3.54. The maximum Gasteiger partial charge on any atom is 0.0620 e. The number of rotatable bonds is 3. The van der Waals surface area contributed by atoms with Gasteiger partial charge in [0.05, 0.1) is 6.61 Å². The van der Waals surface area contributed by atoms with E-state index in [-0.39, 0.29) is 5.54 Å². The van der Waals surface area contributed by atoms with Gasteiger partial charge in [-0.1, -0.05) is 23.7 Å². The van der Waals surface area contributed by atoms with E-state index in [0.717, 1.165) is 24.7 Å². The Balaban J connectivity index is 1.77. The Morgan fingerprint density at radius 1 is 1.38 bits per heavy atom. The summed E-state index contributed by atoms with van der Waals surface area (Å²) < 4.78 is 5.40. The molecule has 3 rings (SSSR count). The SMILES string of the molecule is Clc1cccc(C2(NC3CCOC3)CC2)c1. The normalized spacial score (nSPS) is 26.9. The highest BCUT2D eigenvalue weighted by Gasteiger charge is 2.45. The van der Waals surface area contributed by atoms with Gasteiger partial charge in [0.15, 0.2) is 0 Å². The zero-order valence-corrected chi connectivity index (χ0v) is 9.96. The largest absolute Gasteiger partial charge is 0.380 e. The maximum absolute atomic E-state index is 6.04. The summed E-state index contributed by atoms with van der Waals surface area (Å²) in [4.78, 5) is 0. The molecule has 0 amide bonds. The van der Waals surface area contributed by atoms with Crippen LogP contribution in [0.4, 0.5) is 0 Å². The molecule has 86 valence electrons. The van der Waals surface area contributed by atoms with Crippen LogP contribution in [0.15, 0.2) is 24.3 Å². The second-order valence-electron chi connectivity index (χ2n) is 4.80. The van der Waals surface area contributed by atoms with Gasteiger partial charge in [-0.25, -0.2) is 0 Å². The van der Waals surface area contributed by atoms with E-state index in [1.165, 1.54) is 18.4 Å². The molecule has 1 atom stereocenters. The lowest BCUT2D eigenvalue weighted by Crippen LogP contribution is -2.38. The third kappa shape index (κ3) is 1.97. The van der Waals surface area contributed by atoms with E-state index >= 15 is 0 Å². The zero-order chi connectivity index (χ0) is 11.0. The first-order valence-corrected chi connectivity index (χ1v) is 6.28. The molecule has 16 heavy (non-hydrogen) atoms. The lowest BCUT2D eigenvalue weighted by Gasteiger charge is -2.22. The van der Waals surface area contributed by atoms with Gasteiger partial charge in [0.2, 0.25) is 0 Å². The molecule has 1 saturated carbocycles. The Labute approximate surface area is 101 Å². The molecule has 1 saturated heterocycles. The molecule has 1 aliphatic heterocycles. The minimum atomic E-state index is 0.184. The van der Waals surface area contributed by atoms with Gasteiger partial charge in [-0.3, -0.25) is 0 Å². The molecule has 2 fully saturated rings. The molecule has 1 heterocycles. The summed E-state index contributed by atoms with van der Waals surface area (Å²) >= 11 is 6.04. The van der Waals surface area contributed by atoms with Crippen molar-refractivity contribution in [3.8, 4) is 0 Å². The fraction of sp³-hybridized carbons (Fsp3) is 0.538. The number of benzene rings is 1. The molecule has 1 unspecified atom stereocenters. The summed E-state index contributed by atoms with van der Waals surface area (Å²) in [6.45, 7) is 1.74. The van der Waals surface area contributed by atoms with Crippen molar-refractivity contribution in [1.29, 1.82) is 0 Å². The topological polar surface area (TPSA) is 21.3 Å². The van der Waals surface area contributed by atoms with Crippen molar-refractivity contribution >= 4 is 11.6 Å². The first-order chi connectivity index (χ1) is 7.78. The van der Waals surface area contributed by atoms with Gasteiger partial charge >= 0.3 is 0 Å². The highest BCUT2D eigenvalue weighted by Crippen LogP contribution is 2.46. The van der Waals surface area contributed by atoms with Crippen molar-refractivity contribution in [2.45, 2.75) is 30.8 Å².